The number of methoxy groups -OCH3 is 1. The van der Waals surface area contributed by atoms with Crippen LogP contribution < -0.4 is 0 Å². The minimum absolute atomic E-state index is 0.0453. The van der Waals surface area contributed by atoms with Crippen LogP contribution in [-0.4, -0.2) is 48.8 Å². The van der Waals surface area contributed by atoms with Gasteiger partial charge >= 0.3 is 0 Å². The van der Waals surface area contributed by atoms with Crippen molar-refractivity contribution in [2.45, 2.75) is 157 Å². The summed E-state index contributed by atoms with van der Waals surface area (Å²) >= 11 is 0. The van der Waals surface area contributed by atoms with Crippen LogP contribution in [0, 0.1) is 5.41 Å². The van der Waals surface area contributed by atoms with Crippen LogP contribution in [0.2, 0.25) is 0 Å². The van der Waals surface area contributed by atoms with Gasteiger partial charge < -0.3 is 18.9 Å². The Bertz CT molecular complexity index is 506. The van der Waals surface area contributed by atoms with Gasteiger partial charge in [0.1, 0.15) is 0 Å². The quantitative estimate of drug-likeness (QED) is 0.195. The lowest BCUT2D eigenvalue weighted by molar-refractivity contribution is -0.118. The molecule has 0 aliphatic heterocycles. The predicted octanol–water partition coefficient (Wildman–Crippen LogP) is 7.96. The summed E-state index contributed by atoms with van der Waals surface area (Å²) in [4.78, 5) is 0. The minimum atomic E-state index is -0.182. The molecule has 0 spiro atoms. The fourth-order valence-corrected chi connectivity index (χ4v) is 3.76. The summed E-state index contributed by atoms with van der Waals surface area (Å²) in [6.45, 7) is 27.9. The van der Waals surface area contributed by atoms with Crippen molar-refractivity contribution in [2.75, 3.05) is 20.3 Å². The zero-order chi connectivity index (χ0) is 25.3. The van der Waals surface area contributed by atoms with Crippen LogP contribution in [0.3, 0.4) is 0 Å². The Labute approximate surface area is 201 Å². The molecule has 0 saturated carbocycles. The summed E-state index contributed by atoms with van der Waals surface area (Å²) in [5.41, 5.74) is -0.433. The van der Waals surface area contributed by atoms with Crippen molar-refractivity contribution < 1.29 is 18.9 Å². The second-order valence-electron chi connectivity index (χ2n) is 12.6. The summed E-state index contributed by atoms with van der Waals surface area (Å²) in [6, 6.07) is 0. The zero-order valence-corrected chi connectivity index (χ0v) is 24.1. The van der Waals surface area contributed by atoms with Gasteiger partial charge in [-0.25, -0.2) is 0 Å². The molecule has 0 heterocycles. The Morgan fingerprint density at radius 2 is 1.25 bits per heavy atom. The molecule has 1 atom stereocenters. The van der Waals surface area contributed by atoms with Crippen LogP contribution in [0.4, 0.5) is 0 Å². The van der Waals surface area contributed by atoms with Gasteiger partial charge in [-0.1, -0.05) is 33.6 Å². The lowest BCUT2D eigenvalue weighted by Gasteiger charge is -2.42. The number of rotatable bonds is 18. The van der Waals surface area contributed by atoms with Gasteiger partial charge in [-0.15, -0.1) is 0 Å². The molecule has 1 unspecified atom stereocenters. The van der Waals surface area contributed by atoms with Gasteiger partial charge in [0.05, 0.1) is 28.5 Å². The SMILES string of the molecule is CCC(C)(C)OCCC(C)(C)C(C)(C)OCCCCCC(C)(C)OC(C)CC(C)(C)OC. The average molecular weight is 459 g/mol. The predicted molar refractivity (Wildman–Crippen MR) is 138 cm³/mol. The molecule has 0 radical (unpaired) electrons. The molecule has 0 aromatic rings. The van der Waals surface area contributed by atoms with Crippen molar-refractivity contribution in [1.82, 2.24) is 0 Å². The molecule has 0 fully saturated rings. The summed E-state index contributed by atoms with van der Waals surface area (Å²) in [5, 5.41) is 0. The highest BCUT2D eigenvalue weighted by Crippen LogP contribution is 2.37. The average Bonchev–Trinajstić information content (AvgIpc) is 2.63. The van der Waals surface area contributed by atoms with E-state index in [-0.39, 0.29) is 33.9 Å². The monoisotopic (exact) mass is 458 g/mol. The molecule has 0 aromatic heterocycles. The maximum absolute atomic E-state index is 6.37. The van der Waals surface area contributed by atoms with Crippen LogP contribution in [-0.2, 0) is 18.9 Å². The zero-order valence-electron chi connectivity index (χ0n) is 24.1. The molecule has 0 bridgehead atoms. The molecule has 4 nitrogen and oxygen atoms in total. The molecule has 0 aliphatic rings. The third-order valence-corrected chi connectivity index (χ3v) is 7.44. The van der Waals surface area contributed by atoms with E-state index in [1.807, 2.05) is 0 Å². The van der Waals surface area contributed by atoms with Crippen molar-refractivity contribution in [1.29, 1.82) is 0 Å². The van der Waals surface area contributed by atoms with Crippen LogP contribution in [0.25, 0.3) is 0 Å². The molecule has 4 heteroatoms. The van der Waals surface area contributed by atoms with Gasteiger partial charge in [0.2, 0.25) is 0 Å². The normalized spacial score (nSPS) is 15.3. The molecule has 0 aliphatic carbocycles. The first-order chi connectivity index (χ1) is 14.4. The lowest BCUT2D eigenvalue weighted by Crippen LogP contribution is -2.43. The number of hydrogen-bond acceptors (Lipinski definition) is 4. The summed E-state index contributed by atoms with van der Waals surface area (Å²) in [5.74, 6) is 0. The van der Waals surface area contributed by atoms with Crippen molar-refractivity contribution in [3.05, 3.63) is 0 Å². The van der Waals surface area contributed by atoms with E-state index in [1.165, 1.54) is 0 Å². The van der Waals surface area contributed by atoms with Crippen LogP contribution in [0.1, 0.15) is 128 Å². The highest BCUT2D eigenvalue weighted by molar-refractivity contribution is 4.88. The Balaban J connectivity index is 4.26. The third-order valence-electron chi connectivity index (χ3n) is 7.44. The smallest absolute Gasteiger partial charge is 0.0678 e. The number of hydrogen-bond donors (Lipinski definition) is 0. The molecule has 32 heavy (non-hydrogen) atoms. The Hall–Kier alpha value is -0.160. The fraction of sp³-hybridized carbons (Fsp3) is 1.00. The summed E-state index contributed by atoms with van der Waals surface area (Å²) in [6.07, 6.45) is 7.55. The molecule has 0 rings (SSSR count). The largest absolute Gasteiger partial charge is 0.379 e. The van der Waals surface area contributed by atoms with E-state index in [0.29, 0.717) is 0 Å². The highest BCUT2D eigenvalue weighted by Gasteiger charge is 2.38. The van der Waals surface area contributed by atoms with E-state index in [0.717, 1.165) is 58.2 Å². The Morgan fingerprint density at radius 1 is 0.656 bits per heavy atom. The number of unbranched alkanes of at least 4 members (excludes halogenated alkanes) is 2. The van der Waals surface area contributed by atoms with Crippen LogP contribution in [0.15, 0.2) is 0 Å². The van der Waals surface area contributed by atoms with Crippen LogP contribution >= 0.6 is 0 Å². The molecular formula is C28H58O4. The molecule has 0 saturated heterocycles. The van der Waals surface area contributed by atoms with Gasteiger partial charge in [-0.05, 0) is 93.4 Å². The maximum Gasteiger partial charge on any atom is 0.0678 e. The van der Waals surface area contributed by atoms with Gasteiger partial charge in [0, 0.05) is 26.7 Å². The molecule has 194 valence electrons. The topological polar surface area (TPSA) is 36.9 Å². The fourth-order valence-electron chi connectivity index (χ4n) is 3.76. The maximum atomic E-state index is 6.37. The van der Waals surface area contributed by atoms with Crippen LogP contribution in [0.5, 0.6) is 0 Å². The summed E-state index contributed by atoms with van der Waals surface area (Å²) < 4.78 is 24.3. The van der Waals surface area contributed by atoms with Gasteiger partial charge in [0.15, 0.2) is 0 Å². The van der Waals surface area contributed by atoms with Crippen molar-refractivity contribution in [2.24, 2.45) is 5.41 Å². The van der Waals surface area contributed by atoms with Gasteiger partial charge in [0.25, 0.3) is 0 Å². The second-order valence-corrected chi connectivity index (χ2v) is 12.6. The summed E-state index contributed by atoms with van der Waals surface area (Å²) in [7, 11) is 1.77. The first-order valence-electron chi connectivity index (χ1n) is 12.9. The standard InChI is InChI=1S/C28H58O4/c1-14-25(5,6)30-21-19-24(3,4)28(11,12)31-20-17-15-16-18-26(7,8)32-23(2)22-27(9,10)29-13/h23H,14-22H2,1-13H3. The van der Waals surface area contributed by atoms with E-state index >= 15 is 0 Å². The molecule has 0 N–H and O–H groups in total. The molecule has 0 aromatic carbocycles. The Kier molecular flexibility index (Phi) is 13.0. The highest BCUT2D eigenvalue weighted by atomic mass is 16.5. The van der Waals surface area contributed by atoms with E-state index < -0.39 is 0 Å². The van der Waals surface area contributed by atoms with E-state index in [9.17, 15) is 0 Å². The third kappa shape index (κ3) is 12.9. The van der Waals surface area contributed by atoms with Crippen molar-refractivity contribution >= 4 is 0 Å². The molecule has 0 amide bonds. The first kappa shape index (κ1) is 31.8. The van der Waals surface area contributed by atoms with Gasteiger partial charge in [-0.3, -0.25) is 0 Å². The Morgan fingerprint density at radius 3 is 1.78 bits per heavy atom. The van der Waals surface area contributed by atoms with Crippen molar-refractivity contribution in [3.8, 4) is 0 Å². The van der Waals surface area contributed by atoms with Gasteiger partial charge in [-0.2, -0.15) is 0 Å². The first-order valence-corrected chi connectivity index (χ1v) is 12.9. The van der Waals surface area contributed by atoms with E-state index in [2.05, 4.69) is 83.1 Å². The van der Waals surface area contributed by atoms with E-state index in [1.54, 1.807) is 7.11 Å². The number of ether oxygens (including phenoxy) is 4. The molecular weight excluding hydrogens is 400 g/mol. The van der Waals surface area contributed by atoms with E-state index in [4.69, 9.17) is 18.9 Å². The minimum Gasteiger partial charge on any atom is -0.379 e. The second kappa shape index (κ2) is 13.1. The lowest BCUT2D eigenvalue weighted by atomic mass is 9.74. The van der Waals surface area contributed by atoms with Crippen molar-refractivity contribution in [3.63, 3.8) is 0 Å².